The highest BCUT2D eigenvalue weighted by Crippen LogP contribution is 2.37. The minimum absolute atomic E-state index is 0.191. The lowest BCUT2D eigenvalue weighted by Gasteiger charge is -2.37. The molecule has 1 aliphatic rings. The molecular formula is C26H24ClF4N3O2. The van der Waals surface area contributed by atoms with Crippen LogP contribution in [-0.2, 0) is 12.0 Å². The molecule has 1 fully saturated rings. The molecule has 2 aromatic carbocycles. The van der Waals surface area contributed by atoms with Crippen LogP contribution in [0.4, 0.5) is 22.4 Å². The van der Waals surface area contributed by atoms with Gasteiger partial charge < -0.3 is 15.0 Å². The molecule has 0 bridgehead atoms. The van der Waals surface area contributed by atoms with Crippen molar-refractivity contribution in [2.24, 2.45) is 0 Å². The number of aromatic nitrogens is 1. The lowest BCUT2D eigenvalue weighted by atomic mass is 9.80. The Bertz CT molecular complexity index is 1180. The van der Waals surface area contributed by atoms with Crippen molar-refractivity contribution in [3.63, 3.8) is 0 Å². The van der Waals surface area contributed by atoms with Crippen LogP contribution < -0.4 is 10.1 Å². The summed E-state index contributed by atoms with van der Waals surface area (Å²) >= 11 is 6.07. The fourth-order valence-corrected chi connectivity index (χ4v) is 4.37. The molecular weight excluding hydrogens is 498 g/mol. The third-order valence-electron chi connectivity index (χ3n) is 6.03. The van der Waals surface area contributed by atoms with Crippen LogP contribution in [0.2, 0.25) is 5.02 Å². The van der Waals surface area contributed by atoms with Crippen LogP contribution in [0, 0.1) is 0 Å². The second-order valence-corrected chi connectivity index (χ2v) is 8.98. The van der Waals surface area contributed by atoms with Gasteiger partial charge in [0.2, 0.25) is 0 Å². The Morgan fingerprint density at radius 1 is 1.06 bits per heavy atom. The maximum absolute atomic E-state index is 13.7. The largest absolute Gasteiger partial charge is 0.461 e. The number of benzene rings is 2. The molecule has 0 radical (unpaired) electrons. The van der Waals surface area contributed by atoms with E-state index in [9.17, 15) is 22.4 Å². The Hall–Kier alpha value is -3.33. The first-order chi connectivity index (χ1) is 17.2. The number of nitrogens with one attached hydrogen (secondary N) is 1. The first-order valence-corrected chi connectivity index (χ1v) is 11.8. The second kappa shape index (κ2) is 10.7. The molecule has 3 aromatic rings. The van der Waals surface area contributed by atoms with E-state index >= 15 is 0 Å². The SMILES string of the molecule is O=C(N[C@@](Cc1ccccc1)(c1cccc(OC(F)(F)C(F)F)c1)c1ccc(Cl)cn1)N1CCCC1. The van der Waals surface area contributed by atoms with E-state index in [0.29, 0.717) is 29.4 Å². The number of rotatable bonds is 8. The molecule has 1 aliphatic heterocycles. The Morgan fingerprint density at radius 3 is 2.42 bits per heavy atom. The van der Waals surface area contributed by atoms with Crippen molar-refractivity contribution in [3.05, 3.63) is 94.8 Å². The van der Waals surface area contributed by atoms with Gasteiger partial charge in [-0.3, -0.25) is 4.98 Å². The number of alkyl halides is 4. The summed E-state index contributed by atoms with van der Waals surface area (Å²) in [6, 6.07) is 17.5. The van der Waals surface area contributed by atoms with E-state index in [0.717, 1.165) is 24.5 Å². The van der Waals surface area contributed by atoms with Crippen LogP contribution in [0.25, 0.3) is 0 Å². The van der Waals surface area contributed by atoms with E-state index in [1.165, 1.54) is 18.3 Å². The molecule has 1 atom stereocenters. The van der Waals surface area contributed by atoms with Crippen molar-refractivity contribution in [3.8, 4) is 5.75 Å². The molecule has 10 heteroatoms. The van der Waals surface area contributed by atoms with Crippen molar-refractivity contribution >= 4 is 17.6 Å². The second-order valence-electron chi connectivity index (χ2n) is 8.55. The molecule has 0 spiro atoms. The number of halogens is 5. The molecule has 1 saturated heterocycles. The molecule has 0 saturated carbocycles. The molecule has 1 N–H and O–H groups in total. The quantitative estimate of drug-likeness (QED) is 0.356. The Morgan fingerprint density at radius 2 is 1.78 bits per heavy atom. The van der Waals surface area contributed by atoms with E-state index in [2.05, 4.69) is 15.0 Å². The Kier molecular flexibility index (Phi) is 7.68. The minimum atomic E-state index is -4.68. The number of carbonyl (C=O) groups is 1. The lowest BCUT2D eigenvalue weighted by Crippen LogP contribution is -2.53. The molecule has 36 heavy (non-hydrogen) atoms. The van der Waals surface area contributed by atoms with E-state index in [1.54, 1.807) is 23.1 Å². The van der Waals surface area contributed by atoms with Crippen molar-refractivity contribution in [1.82, 2.24) is 15.2 Å². The fourth-order valence-electron chi connectivity index (χ4n) is 4.26. The van der Waals surface area contributed by atoms with Crippen LogP contribution in [0.15, 0.2) is 72.9 Å². The number of ether oxygens (including phenoxy) is 1. The highest BCUT2D eigenvalue weighted by Gasteiger charge is 2.45. The van der Waals surface area contributed by atoms with E-state index < -0.39 is 23.8 Å². The maximum atomic E-state index is 13.7. The fraction of sp³-hybridized carbons (Fsp3) is 0.308. The van der Waals surface area contributed by atoms with Crippen molar-refractivity contribution < 1.29 is 27.1 Å². The van der Waals surface area contributed by atoms with Crippen LogP contribution >= 0.6 is 11.6 Å². The molecule has 190 valence electrons. The molecule has 4 rings (SSSR count). The van der Waals surface area contributed by atoms with Gasteiger partial charge >= 0.3 is 18.6 Å². The minimum Gasteiger partial charge on any atom is -0.428 e. The van der Waals surface area contributed by atoms with Crippen LogP contribution in [-0.4, -0.2) is 41.5 Å². The number of amides is 2. The van der Waals surface area contributed by atoms with Crippen molar-refractivity contribution in [2.75, 3.05) is 13.1 Å². The number of nitrogens with zero attached hydrogens (tertiary/aromatic N) is 2. The number of likely N-dealkylation sites (tertiary alicyclic amines) is 1. The van der Waals surface area contributed by atoms with Gasteiger partial charge in [-0.05, 0) is 48.2 Å². The van der Waals surface area contributed by atoms with Gasteiger partial charge in [0.05, 0.1) is 10.7 Å². The summed E-state index contributed by atoms with van der Waals surface area (Å²) in [5, 5.41) is 3.44. The number of hydrogen-bond donors (Lipinski definition) is 1. The summed E-state index contributed by atoms with van der Waals surface area (Å²) in [5.41, 5.74) is 0.183. The molecule has 2 heterocycles. The zero-order valence-electron chi connectivity index (χ0n) is 19.1. The van der Waals surface area contributed by atoms with Gasteiger partial charge in [-0.2, -0.15) is 17.6 Å². The van der Waals surface area contributed by atoms with E-state index in [1.807, 2.05) is 30.3 Å². The highest BCUT2D eigenvalue weighted by atomic mass is 35.5. The normalized spacial score (nSPS) is 15.6. The maximum Gasteiger partial charge on any atom is 0.461 e. The van der Waals surface area contributed by atoms with Gasteiger partial charge in [-0.25, -0.2) is 4.79 Å². The highest BCUT2D eigenvalue weighted by molar-refractivity contribution is 6.30. The predicted molar refractivity (Wildman–Crippen MR) is 128 cm³/mol. The summed E-state index contributed by atoms with van der Waals surface area (Å²) in [6.45, 7) is 1.15. The average molecular weight is 522 g/mol. The number of carbonyl (C=O) groups excluding carboxylic acids is 1. The molecule has 0 aliphatic carbocycles. The van der Waals surface area contributed by atoms with Crippen molar-refractivity contribution in [1.29, 1.82) is 0 Å². The van der Waals surface area contributed by atoms with E-state index in [-0.39, 0.29) is 12.5 Å². The third-order valence-corrected chi connectivity index (χ3v) is 6.25. The first-order valence-electron chi connectivity index (χ1n) is 11.4. The van der Waals surface area contributed by atoms with Gasteiger partial charge in [0, 0.05) is 25.7 Å². The van der Waals surface area contributed by atoms with Gasteiger partial charge in [0.15, 0.2) is 0 Å². The first kappa shape index (κ1) is 25.8. The van der Waals surface area contributed by atoms with Crippen molar-refractivity contribution in [2.45, 2.75) is 37.3 Å². The van der Waals surface area contributed by atoms with Crippen LogP contribution in [0.5, 0.6) is 5.75 Å². The summed E-state index contributed by atoms with van der Waals surface area (Å²) in [4.78, 5) is 19.5. The molecule has 2 amide bonds. The summed E-state index contributed by atoms with van der Waals surface area (Å²) in [5.74, 6) is -0.473. The smallest absolute Gasteiger partial charge is 0.428 e. The topological polar surface area (TPSA) is 54.5 Å². The lowest BCUT2D eigenvalue weighted by molar-refractivity contribution is -0.253. The van der Waals surface area contributed by atoms with E-state index in [4.69, 9.17) is 11.6 Å². The zero-order valence-corrected chi connectivity index (χ0v) is 19.9. The van der Waals surface area contributed by atoms with Gasteiger partial charge in [-0.15, -0.1) is 0 Å². The molecule has 5 nitrogen and oxygen atoms in total. The summed E-state index contributed by atoms with van der Waals surface area (Å²) < 4.78 is 57.4. The predicted octanol–water partition coefficient (Wildman–Crippen LogP) is 6.26. The van der Waals surface area contributed by atoms with Crippen LogP contribution in [0.1, 0.15) is 29.7 Å². The Balaban J connectivity index is 1.85. The third kappa shape index (κ3) is 5.73. The molecule has 0 unspecified atom stereocenters. The van der Waals surface area contributed by atoms with Crippen LogP contribution in [0.3, 0.4) is 0 Å². The van der Waals surface area contributed by atoms with Gasteiger partial charge in [-0.1, -0.05) is 54.1 Å². The summed E-state index contributed by atoms with van der Waals surface area (Å²) in [7, 11) is 0. The molecule has 1 aromatic heterocycles. The van der Waals surface area contributed by atoms with Gasteiger partial charge in [0.25, 0.3) is 0 Å². The zero-order chi connectivity index (χ0) is 25.8. The standard InChI is InChI=1S/C26H24ClF4N3O2/c27-20-11-12-22(32-17-20)25(16-18-7-2-1-3-8-18,33-24(35)34-13-4-5-14-34)19-9-6-10-21(15-19)36-26(30,31)23(28)29/h1-3,6-12,15,17,23H,4-5,13-14,16H2,(H,33,35)/t25-/m0/s1. The number of urea groups is 1. The van der Waals surface area contributed by atoms with Gasteiger partial charge in [0.1, 0.15) is 11.3 Å². The Labute approximate surface area is 211 Å². The average Bonchev–Trinajstić information content (AvgIpc) is 3.40. The number of hydrogen-bond acceptors (Lipinski definition) is 3. The summed E-state index contributed by atoms with van der Waals surface area (Å²) in [6.07, 6.45) is -5.35. The number of pyridine rings is 1. The monoisotopic (exact) mass is 521 g/mol.